The van der Waals surface area contributed by atoms with E-state index < -0.39 is 5.82 Å². The minimum absolute atomic E-state index is 0. The van der Waals surface area contributed by atoms with Gasteiger partial charge in [-0.05, 0) is 44.4 Å². The number of aliphatic imine (C=N–C) groups is 1. The second kappa shape index (κ2) is 12.0. The number of amides is 1. The molecule has 2 saturated heterocycles. The molecule has 1 amide bonds. The van der Waals surface area contributed by atoms with E-state index in [1.54, 1.807) is 12.1 Å². The summed E-state index contributed by atoms with van der Waals surface area (Å²) >= 11 is 5.87. The Kier molecular flexibility index (Phi) is 10.1. The van der Waals surface area contributed by atoms with Gasteiger partial charge in [0.25, 0.3) is 0 Å². The molecule has 0 radical (unpaired) electrons. The normalized spacial score (nSPS) is 18.9. The first-order valence-corrected chi connectivity index (χ1v) is 10.9. The van der Waals surface area contributed by atoms with Crippen LogP contribution in [-0.4, -0.2) is 78.4 Å². The lowest BCUT2D eigenvalue weighted by molar-refractivity contribution is -0.135. The first-order valence-electron chi connectivity index (χ1n) is 10.5. The van der Waals surface area contributed by atoms with Crippen LogP contribution in [-0.2, 0) is 11.3 Å². The Bertz CT molecular complexity index is 736. The predicted octanol–water partition coefficient (Wildman–Crippen LogP) is 3.19. The quantitative estimate of drug-likeness (QED) is 0.347. The molecule has 30 heavy (non-hydrogen) atoms. The molecule has 1 aromatic rings. The lowest BCUT2D eigenvalue weighted by Crippen LogP contribution is -2.57. The van der Waals surface area contributed by atoms with Crippen LogP contribution in [0, 0.1) is 5.82 Å². The Morgan fingerprint density at radius 1 is 1.17 bits per heavy atom. The molecule has 2 fully saturated rings. The molecule has 168 valence electrons. The lowest BCUT2D eigenvalue weighted by Gasteiger charge is -2.39. The van der Waals surface area contributed by atoms with Crippen molar-refractivity contribution in [1.29, 1.82) is 0 Å². The van der Waals surface area contributed by atoms with Crippen LogP contribution in [0.25, 0.3) is 0 Å². The number of carbonyl (C=O) groups excluding carboxylic acids is 1. The number of likely N-dealkylation sites (tertiary alicyclic amines) is 1. The summed E-state index contributed by atoms with van der Waals surface area (Å²) in [6, 6.07) is 4.62. The molecule has 1 atom stereocenters. The van der Waals surface area contributed by atoms with Crippen molar-refractivity contribution >= 4 is 47.4 Å². The van der Waals surface area contributed by atoms with Crippen molar-refractivity contribution in [2.24, 2.45) is 4.99 Å². The first-order chi connectivity index (χ1) is 14.0. The van der Waals surface area contributed by atoms with Gasteiger partial charge < -0.3 is 15.1 Å². The molecule has 2 aliphatic rings. The summed E-state index contributed by atoms with van der Waals surface area (Å²) in [7, 11) is 0. The number of guanidine groups is 1. The summed E-state index contributed by atoms with van der Waals surface area (Å²) < 4.78 is 13.3. The Morgan fingerprint density at radius 2 is 1.83 bits per heavy atom. The average molecular weight is 552 g/mol. The number of nitrogens with one attached hydrogen (secondary N) is 1. The molecule has 6 nitrogen and oxygen atoms in total. The summed E-state index contributed by atoms with van der Waals surface area (Å²) in [4.78, 5) is 23.9. The summed E-state index contributed by atoms with van der Waals surface area (Å²) in [6.45, 7) is 10.3. The molecule has 0 spiro atoms. The van der Waals surface area contributed by atoms with Gasteiger partial charge >= 0.3 is 0 Å². The zero-order valence-electron chi connectivity index (χ0n) is 17.7. The Balaban J connectivity index is 0.00000320. The van der Waals surface area contributed by atoms with Gasteiger partial charge in [-0.25, -0.2) is 9.38 Å². The monoisotopic (exact) mass is 551 g/mol. The maximum atomic E-state index is 13.3. The third-order valence-corrected chi connectivity index (χ3v) is 5.96. The maximum absolute atomic E-state index is 13.3. The minimum Gasteiger partial charge on any atom is -0.357 e. The predicted molar refractivity (Wildman–Crippen MR) is 130 cm³/mol. The Labute approximate surface area is 200 Å². The van der Waals surface area contributed by atoms with E-state index in [-0.39, 0.29) is 40.9 Å². The molecule has 3 rings (SSSR count). The van der Waals surface area contributed by atoms with Crippen LogP contribution in [0.3, 0.4) is 0 Å². The van der Waals surface area contributed by atoms with Crippen LogP contribution in [0.1, 0.15) is 32.3 Å². The van der Waals surface area contributed by atoms with Crippen molar-refractivity contribution in [3.8, 4) is 0 Å². The summed E-state index contributed by atoms with van der Waals surface area (Å²) in [5.74, 6) is 0.677. The first kappa shape index (κ1) is 25.1. The number of hydrogen-bond donors (Lipinski definition) is 1. The number of nitrogens with zero attached hydrogens (tertiary/aromatic N) is 4. The van der Waals surface area contributed by atoms with Gasteiger partial charge in [0.15, 0.2) is 5.96 Å². The molecule has 2 aliphatic heterocycles. The van der Waals surface area contributed by atoms with Crippen LogP contribution in [0.5, 0.6) is 0 Å². The Hall–Kier alpha value is -1.13. The molecule has 0 bridgehead atoms. The molecule has 1 N–H and O–H groups in total. The standard InChI is InChI=1S/C21H31ClFN5O.HI/c1-3-24-21(25-15-17-6-7-19(23)18(22)14-17)28-12-10-26(11-13-28)16(2)20(29)27-8-4-5-9-27;/h6-7,14,16H,3-5,8-13,15H2,1-2H3,(H,24,25);1H. The van der Waals surface area contributed by atoms with Crippen molar-refractivity contribution in [3.63, 3.8) is 0 Å². The fourth-order valence-electron chi connectivity index (χ4n) is 3.91. The third-order valence-electron chi connectivity index (χ3n) is 5.67. The molecule has 0 saturated carbocycles. The van der Waals surface area contributed by atoms with Crippen LogP contribution >= 0.6 is 35.6 Å². The lowest BCUT2D eigenvalue weighted by atomic mass is 10.2. The van der Waals surface area contributed by atoms with E-state index in [1.807, 2.05) is 18.7 Å². The van der Waals surface area contributed by atoms with Crippen molar-refractivity contribution in [1.82, 2.24) is 20.0 Å². The van der Waals surface area contributed by atoms with E-state index in [2.05, 4.69) is 15.1 Å². The van der Waals surface area contributed by atoms with Gasteiger partial charge in [0.05, 0.1) is 17.6 Å². The SMILES string of the molecule is CCNC(=NCc1ccc(F)c(Cl)c1)N1CCN(C(C)C(=O)N2CCCC2)CC1.I. The largest absolute Gasteiger partial charge is 0.357 e. The molecule has 1 aromatic carbocycles. The van der Waals surface area contributed by atoms with Crippen molar-refractivity contribution in [3.05, 3.63) is 34.6 Å². The van der Waals surface area contributed by atoms with Gasteiger partial charge in [0.1, 0.15) is 5.82 Å². The van der Waals surface area contributed by atoms with E-state index in [0.29, 0.717) is 6.54 Å². The summed E-state index contributed by atoms with van der Waals surface area (Å²) in [5, 5.41) is 3.45. The van der Waals surface area contributed by atoms with Gasteiger partial charge in [-0.2, -0.15) is 0 Å². The number of rotatable bonds is 5. The van der Waals surface area contributed by atoms with Crippen LogP contribution in [0.4, 0.5) is 4.39 Å². The fourth-order valence-corrected chi connectivity index (χ4v) is 4.11. The van der Waals surface area contributed by atoms with E-state index >= 15 is 0 Å². The van der Waals surface area contributed by atoms with E-state index in [0.717, 1.165) is 70.2 Å². The number of piperazine rings is 1. The fraction of sp³-hybridized carbons (Fsp3) is 0.619. The molecule has 0 aromatic heterocycles. The average Bonchev–Trinajstić information content (AvgIpc) is 3.27. The molecule has 2 heterocycles. The van der Waals surface area contributed by atoms with Gasteiger partial charge in [0.2, 0.25) is 5.91 Å². The highest BCUT2D eigenvalue weighted by Gasteiger charge is 2.30. The van der Waals surface area contributed by atoms with Crippen molar-refractivity contribution in [2.75, 3.05) is 45.8 Å². The molecule has 0 aliphatic carbocycles. The maximum Gasteiger partial charge on any atom is 0.239 e. The second-order valence-corrected chi connectivity index (χ2v) is 8.06. The van der Waals surface area contributed by atoms with Crippen LogP contribution < -0.4 is 5.32 Å². The molecular weight excluding hydrogens is 520 g/mol. The second-order valence-electron chi connectivity index (χ2n) is 7.65. The van der Waals surface area contributed by atoms with Gasteiger partial charge in [-0.3, -0.25) is 9.69 Å². The minimum atomic E-state index is -0.417. The van der Waals surface area contributed by atoms with Gasteiger partial charge in [0, 0.05) is 45.8 Å². The van der Waals surface area contributed by atoms with Crippen molar-refractivity contribution < 1.29 is 9.18 Å². The van der Waals surface area contributed by atoms with Crippen LogP contribution in [0.2, 0.25) is 5.02 Å². The topological polar surface area (TPSA) is 51.2 Å². The zero-order valence-corrected chi connectivity index (χ0v) is 20.8. The van der Waals surface area contributed by atoms with Crippen LogP contribution in [0.15, 0.2) is 23.2 Å². The molecule has 1 unspecified atom stereocenters. The van der Waals surface area contributed by atoms with Gasteiger partial charge in [-0.15, -0.1) is 24.0 Å². The Morgan fingerprint density at radius 3 is 2.43 bits per heavy atom. The highest BCUT2D eigenvalue weighted by Crippen LogP contribution is 2.17. The van der Waals surface area contributed by atoms with E-state index in [4.69, 9.17) is 16.6 Å². The smallest absolute Gasteiger partial charge is 0.239 e. The van der Waals surface area contributed by atoms with E-state index in [9.17, 15) is 9.18 Å². The number of hydrogen-bond acceptors (Lipinski definition) is 3. The molecule has 9 heteroatoms. The number of halogens is 3. The van der Waals surface area contributed by atoms with Crippen molar-refractivity contribution in [2.45, 2.75) is 39.3 Å². The molecular formula is C21H32ClFIN5O. The van der Waals surface area contributed by atoms with E-state index in [1.165, 1.54) is 6.07 Å². The highest BCUT2D eigenvalue weighted by molar-refractivity contribution is 14.0. The number of benzene rings is 1. The highest BCUT2D eigenvalue weighted by atomic mass is 127. The summed E-state index contributed by atoms with van der Waals surface area (Å²) in [6.07, 6.45) is 2.24. The third kappa shape index (κ3) is 6.43. The summed E-state index contributed by atoms with van der Waals surface area (Å²) in [5.41, 5.74) is 0.871. The number of carbonyl (C=O) groups is 1. The zero-order chi connectivity index (χ0) is 20.8. The van der Waals surface area contributed by atoms with Gasteiger partial charge in [-0.1, -0.05) is 17.7 Å².